The Labute approximate surface area is 128 Å². The molecule has 20 heavy (non-hydrogen) atoms. The summed E-state index contributed by atoms with van der Waals surface area (Å²) >= 11 is 0. The molecule has 0 fully saturated rings. The molecule has 0 heterocycles. The summed E-state index contributed by atoms with van der Waals surface area (Å²) in [7, 11) is 0.132. The average molecular weight is 330 g/mol. The molecule has 120 valence electrons. The number of hydrogen-bond acceptors (Lipinski definition) is 3. The number of allylic oxidation sites excluding steroid dienone is 1. The lowest BCUT2D eigenvalue weighted by molar-refractivity contribution is -0.890. The van der Waals surface area contributed by atoms with Gasteiger partial charge in [-0.25, -0.2) is 0 Å². The van der Waals surface area contributed by atoms with E-state index in [9.17, 15) is 13.2 Å². The van der Waals surface area contributed by atoms with Gasteiger partial charge in [0.25, 0.3) is 10.1 Å². The third-order valence-electron chi connectivity index (χ3n) is 2.72. The quantitative estimate of drug-likeness (QED) is 0.284. The minimum atomic E-state index is -3.86. The van der Waals surface area contributed by atoms with Crippen molar-refractivity contribution in [2.75, 3.05) is 39.5 Å². The summed E-state index contributed by atoms with van der Waals surface area (Å²) in [6, 6.07) is 0. The van der Waals surface area contributed by atoms with E-state index in [1.165, 1.54) is 6.08 Å². The molecule has 2 N–H and O–H groups in total. The second kappa shape index (κ2) is 10.1. The lowest BCUT2D eigenvalue weighted by Gasteiger charge is -2.29. The van der Waals surface area contributed by atoms with Gasteiger partial charge in [0.15, 0.2) is 0 Å². The molecule has 0 saturated carbocycles. The Morgan fingerprint density at radius 3 is 2.30 bits per heavy atom. The maximum atomic E-state index is 11.2. The highest BCUT2D eigenvalue weighted by atomic mass is 35.5. The van der Waals surface area contributed by atoms with E-state index >= 15 is 0 Å². The van der Waals surface area contributed by atoms with Crippen molar-refractivity contribution in [3.8, 4) is 0 Å². The fourth-order valence-corrected chi connectivity index (χ4v) is 2.21. The summed E-state index contributed by atoms with van der Waals surface area (Å²) in [4.78, 5) is 11.2. The van der Waals surface area contributed by atoms with Gasteiger partial charge in [0.2, 0.25) is 5.91 Å². The van der Waals surface area contributed by atoms with Crippen molar-refractivity contribution in [3.63, 3.8) is 0 Å². The fraction of sp³-hybridized carbons (Fsp3) is 0.750. The fourth-order valence-electron chi connectivity index (χ4n) is 1.72. The van der Waals surface area contributed by atoms with Crippen LogP contribution in [0.4, 0.5) is 0 Å². The molecule has 0 aliphatic rings. The third kappa shape index (κ3) is 13.8. The summed E-state index contributed by atoms with van der Waals surface area (Å²) in [5, 5.41) is 2.76. The third-order valence-corrected chi connectivity index (χ3v) is 3.53. The van der Waals surface area contributed by atoms with Crippen LogP contribution in [0, 0.1) is 0 Å². The van der Waals surface area contributed by atoms with Gasteiger partial charge in [-0.1, -0.05) is 6.08 Å². The second-order valence-electron chi connectivity index (χ2n) is 5.17. The predicted molar refractivity (Wildman–Crippen MR) is 82.6 cm³/mol. The van der Waals surface area contributed by atoms with Crippen LogP contribution in [-0.2, 0) is 14.9 Å². The maximum absolute atomic E-state index is 11.2. The van der Waals surface area contributed by atoms with Crippen LogP contribution in [0.1, 0.15) is 19.8 Å². The number of carbonyl (C=O) groups excluding carboxylic acids is 1. The number of amides is 1. The van der Waals surface area contributed by atoms with Crippen molar-refractivity contribution < 1.29 is 22.2 Å². The van der Waals surface area contributed by atoms with E-state index in [0.717, 1.165) is 13.0 Å². The molecule has 0 aromatic heterocycles. The molecule has 0 aliphatic heterocycles. The molecule has 0 aromatic rings. The smallest absolute Gasteiger partial charge is 0.265 e. The second-order valence-corrected chi connectivity index (χ2v) is 6.74. The summed E-state index contributed by atoms with van der Waals surface area (Å²) in [5.74, 6) is -0.300. The Kier molecular flexibility index (Phi) is 11.0. The van der Waals surface area contributed by atoms with E-state index in [-0.39, 0.29) is 24.1 Å². The average Bonchev–Trinajstić information content (AvgIpc) is 2.22. The minimum Gasteiger partial charge on any atom is -0.352 e. The number of rotatable bonds is 9. The van der Waals surface area contributed by atoms with Crippen LogP contribution in [0.3, 0.4) is 0 Å². The van der Waals surface area contributed by atoms with E-state index in [2.05, 4.69) is 5.32 Å². The predicted octanol–water partition coefficient (Wildman–Crippen LogP) is 0.845. The normalized spacial score (nSPS) is 12.2. The first-order valence-electron chi connectivity index (χ1n) is 6.34. The highest BCUT2D eigenvalue weighted by molar-refractivity contribution is 7.85. The lowest BCUT2D eigenvalue weighted by Crippen LogP contribution is -2.43. The van der Waals surface area contributed by atoms with Gasteiger partial charge in [-0.2, -0.15) is 8.42 Å². The van der Waals surface area contributed by atoms with Gasteiger partial charge in [-0.05, 0) is 13.0 Å². The van der Waals surface area contributed by atoms with E-state index in [0.29, 0.717) is 24.0 Å². The topological polar surface area (TPSA) is 83.5 Å². The van der Waals surface area contributed by atoms with Gasteiger partial charge in [-0.3, -0.25) is 9.35 Å². The SMILES string of the molecule is CC=CC(=O)NCCC[N+](C)(C)CCCS(=O)(=O)O.Cl. The zero-order valence-corrected chi connectivity index (χ0v) is 14.0. The molecule has 8 heteroatoms. The van der Waals surface area contributed by atoms with Gasteiger partial charge >= 0.3 is 0 Å². The largest absolute Gasteiger partial charge is 0.352 e. The Bertz CT molecular complexity index is 408. The van der Waals surface area contributed by atoms with Crippen LogP contribution < -0.4 is 5.32 Å². The first kappa shape index (κ1) is 21.7. The first-order valence-corrected chi connectivity index (χ1v) is 7.95. The molecule has 0 aromatic carbocycles. The molecule has 6 nitrogen and oxygen atoms in total. The summed E-state index contributed by atoms with van der Waals surface area (Å²) in [6.07, 6.45) is 4.41. The van der Waals surface area contributed by atoms with E-state index < -0.39 is 10.1 Å². The number of halogens is 1. The van der Waals surface area contributed by atoms with Gasteiger partial charge < -0.3 is 9.80 Å². The molecule has 0 bridgehead atoms. The van der Waals surface area contributed by atoms with Crippen molar-refractivity contribution in [3.05, 3.63) is 12.2 Å². The minimum absolute atomic E-state index is 0. The Balaban J connectivity index is 0. The molecule has 0 radical (unpaired) electrons. The van der Waals surface area contributed by atoms with Crippen LogP contribution >= 0.6 is 12.4 Å². The number of hydrogen-bond donors (Lipinski definition) is 2. The van der Waals surface area contributed by atoms with Crippen molar-refractivity contribution in [2.24, 2.45) is 0 Å². The Hall–Kier alpha value is -0.630. The molecule has 0 aliphatic carbocycles. The monoisotopic (exact) mass is 329 g/mol. The number of nitrogens with zero attached hydrogens (tertiary/aromatic N) is 1. The molecule has 1 amide bonds. The van der Waals surface area contributed by atoms with Gasteiger partial charge in [0.05, 0.1) is 32.9 Å². The highest BCUT2D eigenvalue weighted by Crippen LogP contribution is 2.02. The molecular formula is C12H26ClN2O4S+. The maximum Gasteiger partial charge on any atom is 0.265 e. The molecule has 0 atom stereocenters. The van der Waals surface area contributed by atoms with Crippen molar-refractivity contribution >= 4 is 28.4 Å². The number of quaternary nitrogens is 1. The zero-order valence-electron chi connectivity index (χ0n) is 12.3. The Morgan fingerprint density at radius 1 is 1.25 bits per heavy atom. The highest BCUT2D eigenvalue weighted by Gasteiger charge is 2.16. The lowest BCUT2D eigenvalue weighted by atomic mass is 10.3. The van der Waals surface area contributed by atoms with Crippen molar-refractivity contribution in [1.29, 1.82) is 0 Å². The summed E-state index contributed by atoms with van der Waals surface area (Å²) in [5.41, 5.74) is 0. The van der Waals surface area contributed by atoms with Crippen LogP contribution in [0.5, 0.6) is 0 Å². The van der Waals surface area contributed by atoms with Crippen molar-refractivity contribution in [2.45, 2.75) is 19.8 Å². The van der Waals surface area contributed by atoms with E-state index in [1.807, 2.05) is 14.1 Å². The molecule has 0 saturated heterocycles. The van der Waals surface area contributed by atoms with Crippen LogP contribution in [0.2, 0.25) is 0 Å². The standard InChI is InChI=1S/C12H24N2O4S.ClH/c1-4-7-12(15)13-8-5-9-14(2,3)10-6-11-19(16,17)18;/h4,7H,5-6,8-11H2,1-3H3,(H-,13,15,16,17,18);1H/p+1. The van der Waals surface area contributed by atoms with E-state index in [4.69, 9.17) is 4.55 Å². The van der Waals surface area contributed by atoms with Gasteiger partial charge in [-0.15, -0.1) is 12.4 Å². The summed E-state index contributed by atoms with van der Waals surface area (Å²) < 4.78 is 30.5. The molecular weight excluding hydrogens is 304 g/mol. The zero-order chi connectivity index (χ0) is 14.9. The first-order chi connectivity index (χ1) is 8.66. The molecule has 0 spiro atoms. The van der Waals surface area contributed by atoms with Crippen molar-refractivity contribution in [1.82, 2.24) is 5.32 Å². The van der Waals surface area contributed by atoms with E-state index in [1.54, 1.807) is 13.0 Å². The van der Waals surface area contributed by atoms with Crippen LogP contribution in [0.15, 0.2) is 12.2 Å². The van der Waals surface area contributed by atoms with Crippen LogP contribution in [-0.4, -0.2) is 62.8 Å². The number of carbonyl (C=O) groups is 1. The van der Waals surface area contributed by atoms with Crippen LogP contribution in [0.25, 0.3) is 0 Å². The number of nitrogens with one attached hydrogen (secondary N) is 1. The Morgan fingerprint density at radius 2 is 1.80 bits per heavy atom. The van der Waals surface area contributed by atoms with Gasteiger partial charge in [0.1, 0.15) is 0 Å². The summed E-state index contributed by atoms with van der Waals surface area (Å²) in [6.45, 7) is 3.89. The van der Waals surface area contributed by atoms with Gasteiger partial charge in [0, 0.05) is 19.4 Å². The molecule has 0 rings (SSSR count). The molecule has 0 unspecified atom stereocenters.